The Hall–Kier alpha value is -6.23. The van der Waals surface area contributed by atoms with Crippen molar-refractivity contribution in [3.63, 3.8) is 0 Å². The van der Waals surface area contributed by atoms with Crippen molar-refractivity contribution >= 4 is 54.6 Å². The minimum absolute atomic E-state index is 0.449. The average Bonchev–Trinajstić information content (AvgIpc) is 3.14. The first-order chi connectivity index (χ1) is 23.2. The van der Waals surface area contributed by atoms with Gasteiger partial charge in [0.05, 0.1) is 0 Å². The maximum atomic E-state index is 10.6. The van der Waals surface area contributed by atoms with Crippen LogP contribution in [0, 0.1) is 0 Å². The molecular formula is C43H28N3O-. The van der Waals surface area contributed by atoms with Crippen molar-refractivity contribution in [2.24, 2.45) is 4.99 Å². The summed E-state index contributed by atoms with van der Waals surface area (Å²) < 4.78 is 0. The number of aliphatic imine (C=N–C) groups is 1. The molecule has 0 aliphatic carbocycles. The van der Waals surface area contributed by atoms with E-state index in [0.29, 0.717) is 11.5 Å². The molecule has 8 aromatic rings. The first-order valence-corrected chi connectivity index (χ1v) is 15.7. The standard InChI is InChI=1S/C43H28N3O/c47-46-27-42(30-21-17-28(18-22-30)40-25-32-9-1-3-11-34(32)36-13-5-7-15-38(36)40)44-43(45-46)31-23-19-29(20-24-31)41-26-33-10-2-4-12-35(33)37-14-6-8-16-39(37)41/h1-27,47H/q-1. The Morgan fingerprint density at radius 2 is 0.830 bits per heavy atom. The molecule has 0 spiro atoms. The highest BCUT2D eigenvalue weighted by atomic mass is 16.5. The number of hydrogen-bond donors (Lipinski definition) is 1. The average molecular weight is 603 g/mol. The van der Waals surface area contributed by atoms with Crippen molar-refractivity contribution in [1.82, 2.24) is 5.17 Å². The van der Waals surface area contributed by atoms with E-state index in [-0.39, 0.29) is 0 Å². The summed E-state index contributed by atoms with van der Waals surface area (Å²) in [6.07, 6.45) is 1.54. The van der Waals surface area contributed by atoms with Gasteiger partial charge in [0, 0.05) is 6.20 Å². The van der Waals surface area contributed by atoms with E-state index in [1.165, 1.54) is 54.2 Å². The summed E-state index contributed by atoms with van der Waals surface area (Å²) in [6, 6.07) is 55.3. The lowest BCUT2D eigenvalue weighted by Crippen LogP contribution is -2.17. The minimum Gasteiger partial charge on any atom is -0.433 e. The van der Waals surface area contributed by atoms with Crippen molar-refractivity contribution in [2.75, 3.05) is 0 Å². The summed E-state index contributed by atoms with van der Waals surface area (Å²) in [5, 5.41) is 21.3. The molecule has 0 saturated carbocycles. The molecule has 0 saturated heterocycles. The molecule has 0 amide bonds. The fourth-order valence-electron chi connectivity index (χ4n) is 6.87. The van der Waals surface area contributed by atoms with E-state index in [9.17, 15) is 5.21 Å². The van der Waals surface area contributed by atoms with Crippen molar-refractivity contribution in [1.29, 1.82) is 0 Å². The van der Waals surface area contributed by atoms with Crippen LogP contribution in [-0.2, 0) is 0 Å². The maximum absolute atomic E-state index is 10.6. The van der Waals surface area contributed by atoms with Gasteiger partial charge in [0.1, 0.15) is 0 Å². The van der Waals surface area contributed by atoms with E-state index >= 15 is 0 Å². The molecule has 1 heterocycles. The Balaban J connectivity index is 1.05. The zero-order chi connectivity index (χ0) is 31.3. The third-order valence-electron chi connectivity index (χ3n) is 9.14. The molecule has 1 N–H and O–H groups in total. The van der Waals surface area contributed by atoms with Crippen LogP contribution in [0.3, 0.4) is 0 Å². The van der Waals surface area contributed by atoms with Gasteiger partial charge in [-0.25, -0.2) is 5.17 Å². The molecule has 0 radical (unpaired) electrons. The molecule has 0 aromatic heterocycles. The summed E-state index contributed by atoms with van der Waals surface area (Å²) in [4.78, 5) is 4.87. The third kappa shape index (κ3) is 4.71. The number of amidine groups is 1. The molecule has 8 aromatic carbocycles. The molecule has 47 heavy (non-hydrogen) atoms. The van der Waals surface area contributed by atoms with Crippen LogP contribution in [0.15, 0.2) is 169 Å². The monoisotopic (exact) mass is 602 g/mol. The molecule has 0 fully saturated rings. The second-order valence-electron chi connectivity index (χ2n) is 11.9. The third-order valence-corrected chi connectivity index (χ3v) is 9.14. The SMILES string of the molecule is ON1C=C(c2ccc(-c3cc4ccccc4c4ccccc34)cc2)N=C(c2ccc(-c3cc4ccccc4c4ccccc34)cc2)[N-]1. The minimum atomic E-state index is 0.449. The number of benzene rings is 8. The van der Waals surface area contributed by atoms with Gasteiger partial charge < -0.3 is 10.4 Å². The molecule has 222 valence electrons. The summed E-state index contributed by atoms with van der Waals surface area (Å²) in [5.74, 6) is 0.449. The number of hydrogen-bond acceptors (Lipinski definition) is 3. The van der Waals surface area contributed by atoms with Crippen LogP contribution in [0.2, 0.25) is 0 Å². The predicted octanol–water partition coefficient (Wildman–Crippen LogP) is 11.4. The highest BCUT2D eigenvalue weighted by Crippen LogP contribution is 2.37. The second kappa shape index (κ2) is 11.0. The summed E-state index contributed by atoms with van der Waals surface area (Å²) in [6.45, 7) is 0. The van der Waals surface area contributed by atoms with E-state index in [4.69, 9.17) is 4.99 Å². The van der Waals surface area contributed by atoms with Crippen LogP contribution < -0.4 is 0 Å². The van der Waals surface area contributed by atoms with Crippen molar-refractivity contribution < 1.29 is 5.21 Å². The Kier molecular flexibility index (Phi) is 6.34. The molecule has 1 aliphatic heterocycles. The van der Waals surface area contributed by atoms with E-state index in [0.717, 1.165) is 27.4 Å². The molecule has 0 bridgehead atoms. The molecule has 4 heteroatoms. The normalized spacial score (nSPS) is 13.2. The Morgan fingerprint density at radius 3 is 1.34 bits per heavy atom. The number of nitrogens with zero attached hydrogens (tertiary/aromatic N) is 3. The van der Waals surface area contributed by atoms with Gasteiger partial charge in [0.2, 0.25) is 0 Å². The van der Waals surface area contributed by atoms with Gasteiger partial charge in [-0.3, -0.25) is 5.21 Å². The highest BCUT2D eigenvalue weighted by molar-refractivity contribution is 6.15. The van der Waals surface area contributed by atoms with Gasteiger partial charge in [-0.15, -0.1) is 0 Å². The smallest absolute Gasteiger partial charge is 0.0356 e. The number of fused-ring (bicyclic) bond motifs is 6. The van der Waals surface area contributed by atoms with Crippen molar-refractivity contribution in [3.05, 3.63) is 180 Å². The molecule has 0 unspecified atom stereocenters. The van der Waals surface area contributed by atoms with E-state index in [2.05, 4.69) is 151 Å². The quantitative estimate of drug-likeness (QED) is 0.204. The first-order valence-electron chi connectivity index (χ1n) is 15.7. The zero-order valence-corrected chi connectivity index (χ0v) is 25.4. The topological polar surface area (TPSA) is 49.9 Å². The predicted molar refractivity (Wildman–Crippen MR) is 195 cm³/mol. The summed E-state index contributed by atoms with van der Waals surface area (Å²) in [7, 11) is 0. The largest absolute Gasteiger partial charge is 0.433 e. The Bertz CT molecular complexity index is 2550. The highest BCUT2D eigenvalue weighted by Gasteiger charge is 2.12. The van der Waals surface area contributed by atoms with Crippen LogP contribution in [0.5, 0.6) is 0 Å². The lowest BCUT2D eigenvalue weighted by atomic mass is 9.93. The molecular weight excluding hydrogens is 574 g/mol. The van der Waals surface area contributed by atoms with Gasteiger partial charge in [0.15, 0.2) is 0 Å². The van der Waals surface area contributed by atoms with Crippen molar-refractivity contribution in [2.45, 2.75) is 0 Å². The Labute approximate surface area is 272 Å². The molecule has 1 aliphatic rings. The van der Waals surface area contributed by atoms with Gasteiger partial charge in [-0.05, 0) is 100 Å². The van der Waals surface area contributed by atoms with Crippen LogP contribution in [0.25, 0.3) is 76.5 Å². The van der Waals surface area contributed by atoms with E-state index < -0.39 is 0 Å². The summed E-state index contributed by atoms with van der Waals surface area (Å²) in [5.41, 5.74) is 11.3. The van der Waals surface area contributed by atoms with Gasteiger partial charge in [-0.2, -0.15) is 0 Å². The fraction of sp³-hybridized carbons (Fsp3) is 0. The zero-order valence-electron chi connectivity index (χ0n) is 25.4. The Morgan fingerprint density at radius 1 is 0.426 bits per heavy atom. The number of hydroxylamine groups is 1. The van der Waals surface area contributed by atoms with Gasteiger partial charge in [-0.1, -0.05) is 146 Å². The molecule has 4 nitrogen and oxygen atoms in total. The van der Waals surface area contributed by atoms with Crippen LogP contribution >= 0.6 is 0 Å². The van der Waals surface area contributed by atoms with Crippen LogP contribution in [-0.4, -0.2) is 16.2 Å². The lowest BCUT2D eigenvalue weighted by Gasteiger charge is -2.32. The van der Waals surface area contributed by atoms with E-state index in [1.807, 2.05) is 12.1 Å². The lowest BCUT2D eigenvalue weighted by molar-refractivity contribution is 0.00326. The summed E-state index contributed by atoms with van der Waals surface area (Å²) >= 11 is 0. The van der Waals surface area contributed by atoms with Gasteiger partial charge >= 0.3 is 0 Å². The van der Waals surface area contributed by atoms with Crippen molar-refractivity contribution in [3.8, 4) is 22.3 Å². The maximum Gasteiger partial charge on any atom is 0.0356 e. The van der Waals surface area contributed by atoms with E-state index in [1.54, 1.807) is 6.20 Å². The number of rotatable bonds is 4. The molecule has 0 atom stereocenters. The van der Waals surface area contributed by atoms with Crippen LogP contribution in [0.1, 0.15) is 11.1 Å². The first kappa shape index (κ1) is 27.1. The fourth-order valence-corrected chi connectivity index (χ4v) is 6.87. The second-order valence-corrected chi connectivity index (χ2v) is 11.9. The molecule has 9 rings (SSSR count). The van der Waals surface area contributed by atoms with Crippen LogP contribution in [0.4, 0.5) is 0 Å². The van der Waals surface area contributed by atoms with Gasteiger partial charge in [0.25, 0.3) is 0 Å².